The maximum atomic E-state index is 13.0. The van der Waals surface area contributed by atoms with Gasteiger partial charge in [-0.1, -0.05) is 32.0 Å². The fourth-order valence-corrected chi connectivity index (χ4v) is 5.80. The lowest BCUT2D eigenvalue weighted by Gasteiger charge is -2.44. The summed E-state index contributed by atoms with van der Waals surface area (Å²) in [5, 5.41) is 3.18. The number of ether oxygens (including phenoxy) is 4. The Morgan fingerprint density at radius 3 is 2.43 bits per heavy atom. The van der Waals surface area contributed by atoms with Crippen LogP contribution in [0, 0.1) is 11.3 Å². The highest BCUT2D eigenvalue weighted by Crippen LogP contribution is 2.45. The third-order valence-corrected chi connectivity index (χ3v) is 7.90. The molecular weight excluding hydrogens is 444 g/mol. The molecule has 2 bridgehead atoms. The highest BCUT2D eigenvalue weighted by Gasteiger charge is 2.41. The second-order valence-electron chi connectivity index (χ2n) is 10.9. The van der Waals surface area contributed by atoms with Crippen LogP contribution in [0.25, 0.3) is 11.1 Å². The van der Waals surface area contributed by atoms with Crippen LogP contribution in [0.4, 0.5) is 4.79 Å². The molecule has 7 nitrogen and oxygen atoms in total. The van der Waals surface area contributed by atoms with Gasteiger partial charge >= 0.3 is 6.09 Å². The first kappa shape index (κ1) is 22.5. The minimum atomic E-state index is -0.332. The second-order valence-corrected chi connectivity index (χ2v) is 10.9. The topological polar surface area (TPSA) is 69.3 Å². The molecule has 2 atom stereocenters. The van der Waals surface area contributed by atoms with E-state index in [1.807, 2.05) is 18.2 Å². The predicted molar refractivity (Wildman–Crippen MR) is 132 cm³/mol. The molecule has 5 aliphatic rings. The zero-order chi connectivity index (χ0) is 24.0. The maximum Gasteiger partial charge on any atom is 0.407 e. The molecule has 2 aromatic rings. The van der Waals surface area contributed by atoms with Crippen molar-refractivity contribution in [2.24, 2.45) is 11.3 Å². The van der Waals surface area contributed by atoms with Gasteiger partial charge in [0, 0.05) is 23.9 Å². The van der Waals surface area contributed by atoms with Crippen molar-refractivity contribution in [1.82, 2.24) is 10.2 Å². The van der Waals surface area contributed by atoms with E-state index in [2.05, 4.69) is 42.3 Å². The molecule has 0 saturated carbocycles. The van der Waals surface area contributed by atoms with E-state index >= 15 is 0 Å². The zero-order valence-electron chi connectivity index (χ0n) is 20.5. The van der Waals surface area contributed by atoms with Crippen molar-refractivity contribution in [3.63, 3.8) is 0 Å². The minimum Gasteiger partial charge on any atom is -0.493 e. The molecule has 0 aliphatic carbocycles. The van der Waals surface area contributed by atoms with Crippen molar-refractivity contribution in [3.05, 3.63) is 42.0 Å². The average molecular weight is 479 g/mol. The van der Waals surface area contributed by atoms with Gasteiger partial charge in [-0.3, -0.25) is 4.90 Å². The largest absolute Gasteiger partial charge is 0.493 e. The number of alkyl carbamates (subject to hydrolysis) is 1. The number of rotatable bonds is 3. The Morgan fingerprint density at radius 2 is 1.69 bits per heavy atom. The summed E-state index contributed by atoms with van der Waals surface area (Å²) < 4.78 is 23.8. The number of nitrogens with zero attached hydrogens (tertiary/aromatic N) is 1. The first-order valence-electron chi connectivity index (χ1n) is 12.8. The molecule has 3 saturated heterocycles. The highest BCUT2D eigenvalue weighted by molar-refractivity contribution is 5.71. The molecule has 2 aromatic carbocycles. The zero-order valence-corrected chi connectivity index (χ0v) is 20.5. The lowest BCUT2D eigenvalue weighted by atomic mass is 9.78. The van der Waals surface area contributed by atoms with Gasteiger partial charge in [0.1, 0.15) is 11.9 Å². The van der Waals surface area contributed by atoms with Crippen LogP contribution in [0.5, 0.6) is 17.2 Å². The summed E-state index contributed by atoms with van der Waals surface area (Å²) in [4.78, 5) is 15.4. The van der Waals surface area contributed by atoms with Gasteiger partial charge in [0.25, 0.3) is 0 Å². The van der Waals surface area contributed by atoms with Crippen molar-refractivity contribution >= 4 is 6.09 Å². The summed E-state index contributed by atoms with van der Waals surface area (Å²) >= 11 is 0. The molecule has 7 heteroatoms. The number of hydrogen-bond acceptors (Lipinski definition) is 6. The molecule has 5 aliphatic heterocycles. The summed E-state index contributed by atoms with van der Waals surface area (Å²) in [6, 6.07) is 12.0. The van der Waals surface area contributed by atoms with Crippen LogP contribution in [0.3, 0.4) is 0 Å². The van der Waals surface area contributed by atoms with Crippen molar-refractivity contribution in [2.75, 3.05) is 39.5 Å². The molecule has 0 radical (unpaired) electrons. The number of carbonyl (C=O) groups is 1. The first-order valence-corrected chi connectivity index (χ1v) is 12.8. The number of carbonyl (C=O) groups excluding carboxylic acids is 1. The van der Waals surface area contributed by atoms with Crippen LogP contribution in [0.2, 0.25) is 0 Å². The lowest BCUT2D eigenvalue weighted by molar-refractivity contribution is -0.0361. The Balaban J connectivity index is 1.22. The Hall–Kier alpha value is -2.93. The van der Waals surface area contributed by atoms with E-state index in [-0.39, 0.29) is 23.7 Å². The van der Waals surface area contributed by atoms with Crippen LogP contribution in [0.15, 0.2) is 36.4 Å². The monoisotopic (exact) mass is 478 g/mol. The van der Waals surface area contributed by atoms with E-state index in [4.69, 9.17) is 18.9 Å². The normalized spacial score (nSPS) is 28.3. The van der Waals surface area contributed by atoms with Gasteiger partial charge in [0.05, 0.1) is 25.9 Å². The van der Waals surface area contributed by atoms with Gasteiger partial charge in [0.15, 0.2) is 11.5 Å². The van der Waals surface area contributed by atoms with E-state index in [9.17, 15) is 4.79 Å². The third-order valence-electron chi connectivity index (χ3n) is 7.90. The average Bonchev–Trinajstić information content (AvgIpc) is 3.11. The Kier molecular flexibility index (Phi) is 5.75. The number of nitrogens with one attached hydrogen (secondary N) is 1. The van der Waals surface area contributed by atoms with E-state index in [0.717, 1.165) is 72.8 Å². The van der Waals surface area contributed by atoms with Crippen molar-refractivity contribution < 1.29 is 23.7 Å². The van der Waals surface area contributed by atoms with Crippen LogP contribution < -0.4 is 19.5 Å². The quantitative estimate of drug-likeness (QED) is 0.684. The fraction of sp³-hybridized carbons (Fsp3) is 0.536. The lowest BCUT2D eigenvalue weighted by Crippen LogP contribution is -2.53. The molecule has 7 rings (SSSR count). The molecular formula is C28H34N2O5. The number of benzene rings is 2. The smallest absolute Gasteiger partial charge is 0.407 e. The van der Waals surface area contributed by atoms with E-state index in [1.54, 1.807) is 0 Å². The van der Waals surface area contributed by atoms with Gasteiger partial charge in [-0.05, 0) is 61.2 Å². The van der Waals surface area contributed by atoms with E-state index < -0.39 is 0 Å². The number of fused-ring (bicyclic) bond motifs is 5. The maximum absolute atomic E-state index is 13.0. The predicted octanol–water partition coefficient (Wildman–Crippen LogP) is 4.80. The van der Waals surface area contributed by atoms with Crippen LogP contribution >= 0.6 is 0 Å². The number of piperidine rings is 3. The van der Waals surface area contributed by atoms with Crippen molar-refractivity contribution in [1.29, 1.82) is 0 Å². The van der Waals surface area contributed by atoms with Gasteiger partial charge in [-0.2, -0.15) is 0 Å². The summed E-state index contributed by atoms with van der Waals surface area (Å²) in [6.45, 7) is 9.17. The molecule has 35 heavy (non-hydrogen) atoms. The first-order chi connectivity index (χ1) is 17.0. The molecule has 1 N–H and O–H groups in total. The summed E-state index contributed by atoms with van der Waals surface area (Å²) in [6.07, 6.45) is 2.77. The van der Waals surface area contributed by atoms with Crippen LogP contribution in [0.1, 0.15) is 44.7 Å². The molecule has 0 aromatic heterocycles. The van der Waals surface area contributed by atoms with Crippen LogP contribution in [-0.2, 0) is 4.74 Å². The van der Waals surface area contributed by atoms with Crippen LogP contribution in [-0.4, -0.2) is 56.6 Å². The summed E-state index contributed by atoms with van der Waals surface area (Å²) in [5.41, 5.74) is 2.78. The molecule has 1 amide bonds. The summed E-state index contributed by atoms with van der Waals surface area (Å²) in [5.74, 6) is 2.84. The van der Waals surface area contributed by atoms with Gasteiger partial charge in [-0.15, -0.1) is 0 Å². The van der Waals surface area contributed by atoms with Gasteiger partial charge in [-0.25, -0.2) is 4.79 Å². The second kappa shape index (κ2) is 8.94. The molecule has 186 valence electrons. The van der Waals surface area contributed by atoms with E-state index in [0.29, 0.717) is 25.7 Å². The third kappa shape index (κ3) is 4.42. The van der Waals surface area contributed by atoms with Crippen molar-refractivity contribution in [3.8, 4) is 28.4 Å². The van der Waals surface area contributed by atoms with Gasteiger partial charge < -0.3 is 24.3 Å². The Labute approximate surface area is 206 Å². The van der Waals surface area contributed by atoms with Crippen molar-refractivity contribution in [2.45, 2.75) is 45.3 Å². The van der Waals surface area contributed by atoms with Gasteiger partial charge in [0.2, 0.25) is 0 Å². The Morgan fingerprint density at radius 1 is 0.971 bits per heavy atom. The number of hydrogen-bond donors (Lipinski definition) is 1. The molecule has 5 heterocycles. The standard InChI is InChI=1S/C28H34N2O5/c1-28(2)17-34-23-14-19(20-5-7-22-24(15-20)33-13-3-12-32-22)4-6-21(23)26(28)29-27(31)35-25-16-30-10-8-18(25)9-11-30/h4-7,14-15,18,25-26H,3,8-13,16-17H2,1-2H3,(H,29,31)/t25-,26?/m1/s1. The molecule has 1 unspecified atom stereocenters. The molecule has 0 spiro atoms. The molecule has 3 fully saturated rings. The minimum absolute atomic E-state index is 0.0123. The fourth-order valence-electron chi connectivity index (χ4n) is 5.80. The summed E-state index contributed by atoms with van der Waals surface area (Å²) in [7, 11) is 0. The Bertz CT molecular complexity index is 1110. The van der Waals surface area contributed by atoms with E-state index in [1.165, 1.54) is 0 Å². The highest BCUT2D eigenvalue weighted by atomic mass is 16.6. The number of amides is 1. The SMILES string of the molecule is CC1(C)COc2cc(-c3ccc4c(c3)OCCCO4)ccc2C1NC(=O)O[C@@H]1CN2CCC1CC2.